The SMILES string of the molecule is O=C1NC(=O)C(c2ccccc2)(N2CCCC3CC=CC=C32)C(=O)N1. The number of amides is 4. The minimum Gasteiger partial charge on any atom is -0.349 e. The van der Waals surface area contributed by atoms with Gasteiger partial charge in [-0.2, -0.15) is 0 Å². The quantitative estimate of drug-likeness (QED) is 0.807. The summed E-state index contributed by atoms with van der Waals surface area (Å²) in [6.45, 7) is 0.583. The summed E-state index contributed by atoms with van der Waals surface area (Å²) in [6.07, 6.45) is 8.87. The molecule has 2 fully saturated rings. The highest BCUT2D eigenvalue weighted by molar-refractivity contribution is 6.22. The highest BCUT2D eigenvalue weighted by atomic mass is 16.2. The number of piperidine rings is 1. The standard InChI is InChI=1S/C19H19N3O3/c23-16-19(14-9-2-1-3-10-14,17(24)21-18(25)20-16)22-12-6-8-13-7-4-5-11-15(13)22/h1-5,9-11,13H,6-8,12H2,(H2,20,21,23,24,25). The van der Waals surface area contributed by atoms with Gasteiger partial charge in [0.15, 0.2) is 0 Å². The van der Waals surface area contributed by atoms with E-state index in [2.05, 4.69) is 16.7 Å². The molecule has 3 aliphatic rings. The lowest BCUT2D eigenvalue weighted by Gasteiger charge is -2.49. The number of hydrogen-bond acceptors (Lipinski definition) is 4. The lowest BCUT2D eigenvalue weighted by molar-refractivity contribution is -0.148. The van der Waals surface area contributed by atoms with Crippen LogP contribution < -0.4 is 10.6 Å². The van der Waals surface area contributed by atoms with E-state index in [1.54, 1.807) is 24.3 Å². The Hall–Kier alpha value is -2.89. The molecule has 1 aromatic carbocycles. The van der Waals surface area contributed by atoms with Crippen LogP contribution in [-0.2, 0) is 15.1 Å². The first-order valence-electron chi connectivity index (χ1n) is 8.51. The maximum atomic E-state index is 13.0. The molecule has 6 heteroatoms. The molecule has 2 heterocycles. The van der Waals surface area contributed by atoms with Crippen molar-refractivity contribution in [3.05, 3.63) is 59.8 Å². The van der Waals surface area contributed by atoms with Crippen molar-refractivity contribution in [2.24, 2.45) is 5.92 Å². The molecule has 1 aromatic rings. The third-order valence-electron chi connectivity index (χ3n) is 5.20. The number of carbonyl (C=O) groups excluding carboxylic acids is 3. The Bertz CT molecular complexity index is 777. The van der Waals surface area contributed by atoms with E-state index in [0.29, 0.717) is 12.1 Å². The van der Waals surface area contributed by atoms with Crippen LogP contribution in [0.3, 0.4) is 0 Å². The molecular formula is C19H19N3O3. The van der Waals surface area contributed by atoms with Crippen LogP contribution in [-0.4, -0.2) is 29.3 Å². The Morgan fingerprint density at radius 3 is 2.48 bits per heavy atom. The van der Waals surface area contributed by atoms with Gasteiger partial charge in [-0.1, -0.05) is 42.5 Å². The van der Waals surface area contributed by atoms with Crippen molar-refractivity contribution in [3.63, 3.8) is 0 Å². The number of nitrogens with one attached hydrogen (secondary N) is 2. The van der Waals surface area contributed by atoms with Gasteiger partial charge in [0, 0.05) is 18.2 Å². The van der Waals surface area contributed by atoms with Crippen molar-refractivity contribution >= 4 is 17.8 Å². The predicted octanol–water partition coefficient (Wildman–Crippen LogP) is 1.80. The van der Waals surface area contributed by atoms with Crippen molar-refractivity contribution in [1.82, 2.24) is 15.5 Å². The number of rotatable bonds is 2. The summed E-state index contributed by atoms with van der Waals surface area (Å²) in [7, 11) is 0. The van der Waals surface area contributed by atoms with Crippen molar-refractivity contribution in [1.29, 1.82) is 0 Å². The summed E-state index contributed by atoms with van der Waals surface area (Å²) in [5.74, 6) is -0.898. The summed E-state index contributed by atoms with van der Waals surface area (Å²) in [4.78, 5) is 39.6. The van der Waals surface area contributed by atoms with Crippen molar-refractivity contribution in [3.8, 4) is 0 Å². The van der Waals surface area contributed by atoms with E-state index in [-0.39, 0.29) is 5.92 Å². The number of urea groups is 1. The molecule has 4 rings (SSSR count). The summed E-state index contributed by atoms with van der Waals surface area (Å²) < 4.78 is 0. The van der Waals surface area contributed by atoms with Crippen LogP contribution in [0.1, 0.15) is 24.8 Å². The van der Waals surface area contributed by atoms with E-state index in [9.17, 15) is 14.4 Å². The zero-order valence-corrected chi connectivity index (χ0v) is 13.7. The lowest BCUT2D eigenvalue weighted by atomic mass is 9.79. The van der Waals surface area contributed by atoms with Gasteiger partial charge in [0.05, 0.1) is 0 Å². The molecular weight excluding hydrogens is 318 g/mol. The Labute approximate surface area is 145 Å². The van der Waals surface area contributed by atoms with Crippen molar-refractivity contribution in [2.45, 2.75) is 24.8 Å². The third kappa shape index (κ3) is 2.28. The monoisotopic (exact) mass is 337 g/mol. The second-order valence-electron chi connectivity index (χ2n) is 6.56. The highest BCUT2D eigenvalue weighted by Gasteiger charge is 2.57. The number of allylic oxidation sites excluding steroid dienone is 4. The zero-order chi connectivity index (χ0) is 17.4. The molecule has 6 nitrogen and oxygen atoms in total. The molecule has 2 aliphatic heterocycles. The average molecular weight is 337 g/mol. The van der Waals surface area contributed by atoms with Gasteiger partial charge in [-0.05, 0) is 30.9 Å². The molecule has 2 saturated heterocycles. The van der Waals surface area contributed by atoms with Gasteiger partial charge in [-0.3, -0.25) is 20.2 Å². The van der Waals surface area contributed by atoms with Crippen LogP contribution in [0.5, 0.6) is 0 Å². The average Bonchev–Trinajstić information content (AvgIpc) is 2.62. The van der Waals surface area contributed by atoms with Gasteiger partial charge in [-0.25, -0.2) is 4.79 Å². The molecule has 128 valence electrons. The van der Waals surface area contributed by atoms with E-state index in [4.69, 9.17) is 0 Å². The Morgan fingerprint density at radius 1 is 1.04 bits per heavy atom. The Balaban J connectivity index is 1.91. The van der Waals surface area contributed by atoms with E-state index in [1.807, 2.05) is 23.1 Å². The van der Waals surface area contributed by atoms with Gasteiger partial charge < -0.3 is 4.90 Å². The van der Waals surface area contributed by atoms with Crippen LogP contribution in [0, 0.1) is 5.92 Å². The normalized spacial score (nSPS) is 25.0. The van der Waals surface area contributed by atoms with Crippen molar-refractivity contribution < 1.29 is 14.4 Å². The maximum Gasteiger partial charge on any atom is 0.328 e. The van der Waals surface area contributed by atoms with Crippen LogP contribution >= 0.6 is 0 Å². The molecule has 0 bridgehead atoms. The fourth-order valence-electron chi connectivity index (χ4n) is 4.09. The van der Waals surface area contributed by atoms with E-state index >= 15 is 0 Å². The molecule has 0 aromatic heterocycles. The summed E-state index contributed by atoms with van der Waals surface area (Å²) >= 11 is 0. The number of fused-ring (bicyclic) bond motifs is 1. The lowest BCUT2D eigenvalue weighted by Crippen LogP contribution is -2.71. The first kappa shape index (κ1) is 15.6. The topological polar surface area (TPSA) is 78.5 Å². The minimum atomic E-state index is -1.56. The molecule has 1 atom stereocenters. The second-order valence-corrected chi connectivity index (χ2v) is 6.56. The number of barbiturate groups is 1. The maximum absolute atomic E-state index is 13.0. The third-order valence-corrected chi connectivity index (χ3v) is 5.20. The molecule has 1 unspecified atom stereocenters. The Kier molecular flexibility index (Phi) is 3.67. The fourth-order valence-corrected chi connectivity index (χ4v) is 4.09. The highest BCUT2D eigenvalue weighted by Crippen LogP contribution is 2.42. The number of carbonyl (C=O) groups is 3. The Morgan fingerprint density at radius 2 is 1.76 bits per heavy atom. The van der Waals surface area contributed by atoms with Crippen LogP contribution in [0.15, 0.2) is 54.3 Å². The summed E-state index contributed by atoms with van der Waals surface area (Å²) in [5, 5.41) is 4.59. The number of benzene rings is 1. The smallest absolute Gasteiger partial charge is 0.328 e. The molecule has 2 N–H and O–H groups in total. The molecule has 0 spiro atoms. The number of hydrogen-bond donors (Lipinski definition) is 2. The van der Waals surface area contributed by atoms with Crippen LogP contribution in [0.4, 0.5) is 4.79 Å². The van der Waals surface area contributed by atoms with Gasteiger partial charge in [0.1, 0.15) is 0 Å². The van der Waals surface area contributed by atoms with E-state index in [0.717, 1.165) is 25.0 Å². The predicted molar refractivity (Wildman–Crippen MR) is 91.1 cm³/mol. The van der Waals surface area contributed by atoms with Crippen LogP contribution in [0.25, 0.3) is 0 Å². The molecule has 0 saturated carbocycles. The first-order valence-corrected chi connectivity index (χ1v) is 8.51. The zero-order valence-electron chi connectivity index (χ0n) is 13.7. The number of likely N-dealkylation sites (tertiary alicyclic amines) is 1. The van der Waals surface area contributed by atoms with Gasteiger partial charge >= 0.3 is 6.03 Å². The number of nitrogens with zero attached hydrogens (tertiary/aromatic N) is 1. The fraction of sp³-hybridized carbons (Fsp3) is 0.316. The molecule has 25 heavy (non-hydrogen) atoms. The summed E-state index contributed by atoms with van der Waals surface area (Å²) in [5.41, 5.74) is -0.0175. The largest absolute Gasteiger partial charge is 0.349 e. The van der Waals surface area contributed by atoms with Crippen molar-refractivity contribution in [2.75, 3.05) is 6.54 Å². The second kappa shape index (κ2) is 5.88. The first-order chi connectivity index (χ1) is 12.1. The molecule has 0 radical (unpaired) electrons. The van der Waals surface area contributed by atoms with Gasteiger partial charge in [-0.15, -0.1) is 0 Å². The molecule has 1 aliphatic carbocycles. The van der Waals surface area contributed by atoms with E-state index in [1.165, 1.54) is 0 Å². The summed E-state index contributed by atoms with van der Waals surface area (Å²) in [6, 6.07) is 8.18. The van der Waals surface area contributed by atoms with Gasteiger partial charge in [0.25, 0.3) is 11.8 Å². The van der Waals surface area contributed by atoms with E-state index < -0.39 is 23.4 Å². The van der Waals surface area contributed by atoms with Gasteiger partial charge in [0.2, 0.25) is 5.54 Å². The molecule has 4 amide bonds. The minimum absolute atomic E-state index is 0.289. The number of imide groups is 2. The van der Waals surface area contributed by atoms with Crippen LogP contribution in [0.2, 0.25) is 0 Å².